The zero-order valence-electron chi connectivity index (χ0n) is 25.7. The number of ketones is 1. The molecular weight excluding hydrogens is 498 g/mol. The molecular formula is C35H53NO2S. The number of carbonyl (C=O) groups excluding carboxylic acids is 2. The lowest BCUT2D eigenvalue weighted by Gasteiger charge is -2.72. The SMILES string of the molecule is C=C1C[C@]2(C)[C@H]3CC[C@@H]4[C@H]5[C@H](C(=C)C)CC[C@]5(C(=O)N5CCSCC5)CC[C@@]4(C)[C@]3(C)CC[C@H]2C(C)(C)C1=O. The van der Waals surface area contributed by atoms with E-state index in [0.717, 1.165) is 62.3 Å². The lowest BCUT2D eigenvalue weighted by Crippen LogP contribution is -2.67. The minimum Gasteiger partial charge on any atom is -0.341 e. The topological polar surface area (TPSA) is 37.4 Å². The van der Waals surface area contributed by atoms with Crippen molar-refractivity contribution in [2.75, 3.05) is 24.6 Å². The zero-order valence-corrected chi connectivity index (χ0v) is 26.5. The second kappa shape index (κ2) is 8.98. The van der Waals surface area contributed by atoms with Gasteiger partial charge in [-0.1, -0.05) is 53.3 Å². The van der Waals surface area contributed by atoms with E-state index in [9.17, 15) is 9.59 Å². The number of amides is 1. The standard InChI is InChI=1S/C35H53NO2S/c1-22(2)24-11-14-35(30(38)36-17-19-39-20-18-36)16-15-33(7)25(28(24)35)9-10-27-32(6)21-23(3)29(37)31(4,5)26(32)12-13-34(27,33)8/h24-28H,1,3,9-21H2,2,4-8H3/t24-,25+,26-,27+,28+,32-,33+,34+,35-/m0/s1. The monoisotopic (exact) mass is 551 g/mol. The summed E-state index contributed by atoms with van der Waals surface area (Å²) in [6, 6.07) is 0. The Morgan fingerprint density at radius 3 is 2.26 bits per heavy atom. The molecule has 0 unspecified atom stereocenters. The van der Waals surface area contributed by atoms with E-state index in [2.05, 4.69) is 59.6 Å². The molecule has 0 bridgehead atoms. The molecule has 5 aliphatic carbocycles. The molecule has 6 fully saturated rings. The molecule has 0 N–H and O–H groups in total. The van der Waals surface area contributed by atoms with Crippen LogP contribution in [0, 0.1) is 56.7 Å². The summed E-state index contributed by atoms with van der Waals surface area (Å²) in [5.74, 6) is 5.46. The minimum absolute atomic E-state index is 0.120. The number of allylic oxidation sites excluding steroid dienone is 2. The number of carbonyl (C=O) groups is 2. The summed E-state index contributed by atoms with van der Waals surface area (Å²) in [5, 5.41) is 0. The largest absolute Gasteiger partial charge is 0.341 e. The lowest BCUT2D eigenvalue weighted by molar-refractivity contribution is -0.230. The Balaban J connectivity index is 1.40. The van der Waals surface area contributed by atoms with Crippen molar-refractivity contribution in [1.82, 2.24) is 4.90 Å². The number of nitrogens with zero attached hydrogens (tertiary/aromatic N) is 1. The van der Waals surface area contributed by atoms with Gasteiger partial charge in [-0.25, -0.2) is 0 Å². The fourth-order valence-electron chi connectivity index (χ4n) is 12.5. The number of Topliss-reactive ketones (excluding diaryl/α,β-unsaturated/α-hetero) is 1. The second-order valence-corrected chi connectivity index (χ2v) is 17.3. The van der Waals surface area contributed by atoms with Gasteiger partial charge >= 0.3 is 0 Å². The van der Waals surface area contributed by atoms with Crippen molar-refractivity contribution < 1.29 is 9.59 Å². The van der Waals surface area contributed by atoms with Gasteiger partial charge in [-0.2, -0.15) is 11.8 Å². The normalized spacial score (nSPS) is 49.0. The van der Waals surface area contributed by atoms with Crippen LogP contribution in [0.25, 0.3) is 0 Å². The highest BCUT2D eigenvalue weighted by molar-refractivity contribution is 7.99. The van der Waals surface area contributed by atoms with Gasteiger partial charge in [0.25, 0.3) is 0 Å². The van der Waals surface area contributed by atoms with Crippen LogP contribution in [-0.4, -0.2) is 41.2 Å². The summed E-state index contributed by atoms with van der Waals surface area (Å²) < 4.78 is 0. The first-order chi connectivity index (χ1) is 18.2. The molecule has 1 amide bonds. The van der Waals surface area contributed by atoms with E-state index in [-0.39, 0.29) is 27.1 Å². The predicted octanol–water partition coefficient (Wildman–Crippen LogP) is 7.95. The summed E-state index contributed by atoms with van der Waals surface area (Å²) in [7, 11) is 0. The van der Waals surface area contributed by atoms with Crippen molar-refractivity contribution in [3.05, 3.63) is 24.3 Å². The maximum absolute atomic E-state index is 14.5. The third-order valence-corrected chi connectivity index (χ3v) is 15.4. The van der Waals surface area contributed by atoms with Crippen LogP contribution in [0.1, 0.15) is 99.3 Å². The third-order valence-electron chi connectivity index (χ3n) is 14.4. The molecule has 0 spiro atoms. The Morgan fingerprint density at radius 2 is 1.59 bits per heavy atom. The highest BCUT2D eigenvalue weighted by atomic mass is 32.2. The first-order valence-electron chi connectivity index (χ1n) is 16.0. The Bertz CT molecular complexity index is 1100. The molecule has 0 aromatic carbocycles. The maximum atomic E-state index is 14.5. The highest BCUT2D eigenvalue weighted by Crippen LogP contribution is 2.77. The smallest absolute Gasteiger partial charge is 0.229 e. The van der Waals surface area contributed by atoms with Crippen LogP contribution in [0.4, 0.5) is 0 Å². The van der Waals surface area contributed by atoms with E-state index < -0.39 is 0 Å². The number of thioether (sulfide) groups is 1. The fourth-order valence-corrected chi connectivity index (χ4v) is 13.4. The van der Waals surface area contributed by atoms with Crippen LogP contribution in [0.3, 0.4) is 0 Å². The number of hydrogen-bond acceptors (Lipinski definition) is 3. The molecule has 1 aliphatic heterocycles. The number of hydrogen-bond donors (Lipinski definition) is 0. The van der Waals surface area contributed by atoms with Gasteiger partial charge in [0.15, 0.2) is 5.78 Å². The second-order valence-electron chi connectivity index (χ2n) is 16.1. The predicted molar refractivity (Wildman–Crippen MR) is 162 cm³/mol. The summed E-state index contributed by atoms with van der Waals surface area (Å²) in [6.07, 6.45) is 10.1. The average Bonchev–Trinajstić information content (AvgIpc) is 3.29. The average molecular weight is 552 g/mol. The quantitative estimate of drug-likeness (QED) is 0.258. The van der Waals surface area contributed by atoms with E-state index in [4.69, 9.17) is 0 Å². The van der Waals surface area contributed by atoms with Crippen LogP contribution in [0.2, 0.25) is 0 Å². The number of fused-ring (bicyclic) bond motifs is 7. The zero-order chi connectivity index (χ0) is 28.2. The van der Waals surface area contributed by atoms with E-state index in [1.807, 2.05) is 11.8 Å². The van der Waals surface area contributed by atoms with Gasteiger partial charge in [0.05, 0.1) is 5.41 Å². The first kappa shape index (κ1) is 28.1. The van der Waals surface area contributed by atoms with Gasteiger partial charge < -0.3 is 4.90 Å². The van der Waals surface area contributed by atoms with Crippen molar-refractivity contribution >= 4 is 23.5 Å². The van der Waals surface area contributed by atoms with Crippen molar-refractivity contribution in [2.45, 2.75) is 99.3 Å². The Labute approximate surface area is 242 Å². The van der Waals surface area contributed by atoms with E-state index >= 15 is 0 Å². The third kappa shape index (κ3) is 3.54. The molecule has 4 heteroatoms. The van der Waals surface area contributed by atoms with Gasteiger partial charge in [-0.3, -0.25) is 9.59 Å². The van der Waals surface area contributed by atoms with Crippen LogP contribution in [0.5, 0.6) is 0 Å². The molecule has 1 saturated heterocycles. The summed E-state index contributed by atoms with van der Waals surface area (Å²) in [6.45, 7) is 25.1. The molecule has 0 radical (unpaired) electrons. The molecule has 39 heavy (non-hydrogen) atoms. The van der Waals surface area contributed by atoms with Gasteiger partial charge in [0, 0.05) is 30.0 Å². The van der Waals surface area contributed by atoms with Crippen molar-refractivity contribution in [2.24, 2.45) is 56.7 Å². The molecule has 3 nitrogen and oxygen atoms in total. The molecule has 0 aromatic heterocycles. The molecule has 216 valence electrons. The molecule has 9 atom stereocenters. The van der Waals surface area contributed by atoms with E-state index in [0.29, 0.717) is 41.3 Å². The maximum Gasteiger partial charge on any atom is 0.229 e. The molecule has 6 aliphatic rings. The van der Waals surface area contributed by atoms with Crippen molar-refractivity contribution in [3.8, 4) is 0 Å². The van der Waals surface area contributed by atoms with E-state index in [1.54, 1.807) is 0 Å². The molecule has 5 saturated carbocycles. The van der Waals surface area contributed by atoms with Crippen LogP contribution in [-0.2, 0) is 9.59 Å². The molecule has 0 aromatic rings. The summed E-state index contributed by atoms with van der Waals surface area (Å²) >= 11 is 1.99. The summed E-state index contributed by atoms with van der Waals surface area (Å²) in [5.41, 5.74) is 2.21. The van der Waals surface area contributed by atoms with Crippen LogP contribution in [0.15, 0.2) is 24.3 Å². The Kier molecular flexibility index (Phi) is 6.47. The first-order valence-corrected chi connectivity index (χ1v) is 17.1. The van der Waals surface area contributed by atoms with Gasteiger partial charge in [-0.15, -0.1) is 0 Å². The lowest BCUT2D eigenvalue weighted by atomic mass is 9.32. The summed E-state index contributed by atoms with van der Waals surface area (Å²) in [4.78, 5) is 30.0. The van der Waals surface area contributed by atoms with Gasteiger partial charge in [0.2, 0.25) is 5.91 Å². The minimum atomic E-state index is -0.319. The highest BCUT2D eigenvalue weighted by Gasteiger charge is 2.72. The number of rotatable bonds is 2. The Morgan fingerprint density at radius 1 is 0.897 bits per heavy atom. The van der Waals surface area contributed by atoms with Crippen molar-refractivity contribution in [3.63, 3.8) is 0 Å². The van der Waals surface area contributed by atoms with Gasteiger partial charge in [-0.05, 0) is 116 Å². The van der Waals surface area contributed by atoms with Crippen LogP contribution >= 0.6 is 11.8 Å². The molecule has 1 heterocycles. The van der Waals surface area contributed by atoms with Gasteiger partial charge in [0.1, 0.15) is 0 Å². The fraction of sp³-hybridized carbons (Fsp3) is 0.829. The molecule has 6 rings (SSSR count). The Hall–Kier alpha value is -1.03. The van der Waals surface area contributed by atoms with Crippen LogP contribution < -0.4 is 0 Å². The van der Waals surface area contributed by atoms with Crippen molar-refractivity contribution in [1.29, 1.82) is 0 Å². The van der Waals surface area contributed by atoms with E-state index in [1.165, 1.54) is 31.3 Å².